The normalized spacial score (nSPS) is 14.6. The SMILES string of the molecule is CN(C)C(=O)CNC(=NCc1cc(Cl)ccc1OC(F)F)NC1CCCC1.I. The zero-order valence-corrected chi connectivity index (χ0v) is 19.0. The molecule has 1 aliphatic rings. The second kappa shape index (κ2) is 12.3. The zero-order chi connectivity index (χ0) is 19.8. The Morgan fingerprint density at radius 2 is 2.04 bits per heavy atom. The van der Waals surface area contributed by atoms with E-state index in [2.05, 4.69) is 20.4 Å². The lowest BCUT2D eigenvalue weighted by molar-refractivity contribution is -0.127. The number of carbonyl (C=O) groups excluding carboxylic acids is 1. The summed E-state index contributed by atoms with van der Waals surface area (Å²) in [5.74, 6) is 0.392. The van der Waals surface area contributed by atoms with Gasteiger partial charge in [-0.1, -0.05) is 24.4 Å². The Morgan fingerprint density at radius 1 is 1.36 bits per heavy atom. The molecule has 2 rings (SSSR count). The number of hydrogen-bond acceptors (Lipinski definition) is 3. The summed E-state index contributed by atoms with van der Waals surface area (Å²) in [7, 11) is 3.34. The summed E-state index contributed by atoms with van der Waals surface area (Å²) in [6.45, 7) is -2.76. The molecule has 1 fully saturated rings. The first-order valence-electron chi connectivity index (χ1n) is 8.83. The molecule has 6 nitrogen and oxygen atoms in total. The molecule has 10 heteroatoms. The molecule has 0 atom stereocenters. The van der Waals surface area contributed by atoms with Crippen LogP contribution >= 0.6 is 35.6 Å². The van der Waals surface area contributed by atoms with Crippen LogP contribution < -0.4 is 15.4 Å². The predicted octanol–water partition coefficient (Wildman–Crippen LogP) is 3.63. The molecule has 1 saturated carbocycles. The van der Waals surface area contributed by atoms with Crippen LogP contribution in [0.4, 0.5) is 8.78 Å². The van der Waals surface area contributed by atoms with Crippen molar-refractivity contribution in [2.75, 3.05) is 20.6 Å². The molecule has 0 bridgehead atoms. The fraction of sp³-hybridized carbons (Fsp3) is 0.556. The Balaban J connectivity index is 0.00000392. The summed E-state index contributed by atoms with van der Waals surface area (Å²) in [5.41, 5.74) is 0.439. The maximum absolute atomic E-state index is 12.6. The van der Waals surface area contributed by atoms with Crippen LogP contribution in [0, 0.1) is 0 Å². The molecule has 0 radical (unpaired) electrons. The van der Waals surface area contributed by atoms with Crippen molar-refractivity contribution in [2.45, 2.75) is 44.9 Å². The van der Waals surface area contributed by atoms with Crippen molar-refractivity contribution in [3.63, 3.8) is 0 Å². The van der Waals surface area contributed by atoms with Gasteiger partial charge in [-0.3, -0.25) is 4.79 Å². The Bertz CT molecular complexity index is 671. The molecule has 1 aromatic carbocycles. The molecule has 1 amide bonds. The van der Waals surface area contributed by atoms with Crippen molar-refractivity contribution in [1.82, 2.24) is 15.5 Å². The molecule has 0 aliphatic heterocycles. The molecule has 0 unspecified atom stereocenters. The van der Waals surface area contributed by atoms with E-state index in [-0.39, 0.29) is 54.8 Å². The number of ether oxygens (including phenoxy) is 1. The summed E-state index contributed by atoms with van der Waals surface area (Å²) >= 11 is 5.97. The molecule has 1 aromatic rings. The fourth-order valence-electron chi connectivity index (χ4n) is 2.78. The number of alkyl halides is 2. The number of nitrogens with zero attached hydrogens (tertiary/aromatic N) is 2. The molecule has 1 aliphatic carbocycles. The second-order valence-electron chi connectivity index (χ2n) is 6.56. The van der Waals surface area contributed by atoms with Gasteiger partial charge in [0, 0.05) is 30.7 Å². The number of aliphatic imine (C=N–C) groups is 1. The lowest BCUT2D eigenvalue weighted by atomic mass is 10.2. The smallest absolute Gasteiger partial charge is 0.387 e. The predicted molar refractivity (Wildman–Crippen MR) is 117 cm³/mol. The average molecular weight is 531 g/mol. The number of benzene rings is 1. The first-order valence-corrected chi connectivity index (χ1v) is 9.21. The van der Waals surface area contributed by atoms with Crippen molar-refractivity contribution in [2.24, 2.45) is 4.99 Å². The average Bonchev–Trinajstić information content (AvgIpc) is 3.11. The van der Waals surface area contributed by atoms with Crippen LogP contribution in [0.15, 0.2) is 23.2 Å². The van der Waals surface area contributed by atoms with Crippen LogP contribution in [0.3, 0.4) is 0 Å². The topological polar surface area (TPSA) is 66.0 Å². The highest BCUT2D eigenvalue weighted by Gasteiger charge is 2.17. The highest BCUT2D eigenvalue weighted by atomic mass is 127. The van der Waals surface area contributed by atoms with Gasteiger partial charge in [0.15, 0.2) is 5.96 Å². The standard InChI is InChI=1S/C18H25ClF2N4O2.HI/c1-25(2)16(26)11-23-18(24-14-5-3-4-6-14)22-10-12-9-13(19)7-8-15(12)27-17(20)21;/h7-9,14,17H,3-6,10-11H2,1-2H3,(H2,22,23,24);1H. The molecule has 0 spiro atoms. The number of carbonyl (C=O) groups is 1. The Labute approximate surface area is 186 Å². The molecule has 28 heavy (non-hydrogen) atoms. The van der Waals surface area contributed by atoms with Crippen molar-refractivity contribution >= 4 is 47.4 Å². The summed E-state index contributed by atoms with van der Waals surface area (Å²) < 4.78 is 29.7. The third-order valence-electron chi connectivity index (χ3n) is 4.25. The van der Waals surface area contributed by atoms with E-state index in [4.69, 9.17) is 11.6 Å². The fourth-order valence-corrected chi connectivity index (χ4v) is 2.97. The maximum Gasteiger partial charge on any atom is 0.387 e. The number of rotatable bonds is 7. The first kappa shape index (κ1) is 24.7. The van der Waals surface area contributed by atoms with Crippen LogP contribution in [0.25, 0.3) is 0 Å². The van der Waals surface area contributed by atoms with Crippen LogP contribution in [-0.2, 0) is 11.3 Å². The maximum atomic E-state index is 12.6. The van der Waals surface area contributed by atoms with E-state index in [9.17, 15) is 13.6 Å². The lowest BCUT2D eigenvalue weighted by Crippen LogP contribution is -2.46. The van der Waals surface area contributed by atoms with Crippen molar-refractivity contribution in [3.05, 3.63) is 28.8 Å². The van der Waals surface area contributed by atoms with Crippen molar-refractivity contribution in [1.29, 1.82) is 0 Å². The monoisotopic (exact) mass is 530 g/mol. The van der Waals surface area contributed by atoms with Gasteiger partial charge in [0.05, 0.1) is 13.1 Å². The first-order chi connectivity index (χ1) is 12.8. The Hall–Kier alpha value is -1.36. The van der Waals surface area contributed by atoms with Gasteiger partial charge in [0.2, 0.25) is 5.91 Å². The summed E-state index contributed by atoms with van der Waals surface area (Å²) in [6, 6.07) is 4.70. The van der Waals surface area contributed by atoms with Crippen LogP contribution in [0.2, 0.25) is 5.02 Å². The summed E-state index contributed by atoms with van der Waals surface area (Å²) in [4.78, 5) is 17.8. The summed E-state index contributed by atoms with van der Waals surface area (Å²) in [6.07, 6.45) is 4.34. The number of guanidine groups is 1. The quantitative estimate of drug-likeness (QED) is 0.321. The van der Waals surface area contributed by atoms with Gasteiger partial charge in [-0.05, 0) is 31.0 Å². The molecule has 158 valence electrons. The lowest BCUT2D eigenvalue weighted by Gasteiger charge is -2.19. The molecule has 0 aromatic heterocycles. The largest absolute Gasteiger partial charge is 0.434 e. The molecule has 0 saturated heterocycles. The van der Waals surface area contributed by atoms with E-state index < -0.39 is 6.61 Å². The van der Waals surface area contributed by atoms with Crippen LogP contribution in [-0.4, -0.2) is 50.1 Å². The van der Waals surface area contributed by atoms with E-state index >= 15 is 0 Å². The number of hydrogen-bond donors (Lipinski definition) is 2. The molecular weight excluding hydrogens is 505 g/mol. The minimum Gasteiger partial charge on any atom is -0.434 e. The third kappa shape index (κ3) is 8.34. The van der Waals surface area contributed by atoms with Gasteiger partial charge in [0.25, 0.3) is 0 Å². The second-order valence-corrected chi connectivity index (χ2v) is 7.00. The van der Waals surface area contributed by atoms with E-state index in [0.29, 0.717) is 16.5 Å². The van der Waals surface area contributed by atoms with Crippen molar-refractivity contribution in [3.8, 4) is 5.75 Å². The minimum atomic E-state index is -2.93. The van der Waals surface area contributed by atoms with Gasteiger partial charge in [-0.2, -0.15) is 8.78 Å². The number of amides is 1. The number of likely N-dealkylation sites (N-methyl/N-ethyl adjacent to an activating group) is 1. The Kier molecular flexibility index (Phi) is 10.8. The van der Waals surface area contributed by atoms with E-state index in [1.54, 1.807) is 20.2 Å². The molecule has 0 heterocycles. The Morgan fingerprint density at radius 3 is 2.64 bits per heavy atom. The van der Waals surface area contributed by atoms with Crippen LogP contribution in [0.5, 0.6) is 5.75 Å². The van der Waals surface area contributed by atoms with Gasteiger partial charge < -0.3 is 20.3 Å². The van der Waals surface area contributed by atoms with Gasteiger partial charge in [0.1, 0.15) is 5.75 Å². The zero-order valence-electron chi connectivity index (χ0n) is 15.9. The van der Waals surface area contributed by atoms with E-state index in [0.717, 1.165) is 25.7 Å². The molecule has 2 N–H and O–H groups in total. The van der Waals surface area contributed by atoms with Gasteiger partial charge >= 0.3 is 6.61 Å². The number of nitrogens with one attached hydrogen (secondary N) is 2. The van der Waals surface area contributed by atoms with E-state index in [1.807, 2.05) is 0 Å². The minimum absolute atomic E-state index is 0. The highest BCUT2D eigenvalue weighted by molar-refractivity contribution is 14.0. The highest BCUT2D eigenvalue weighted by Crippen LogP contribution is 2.25. The molecular formula is C18H26ClF2IN4O2. The summed E-state index contributed by atoms with van der Waals surface area (Å²) in [5, 5.41) is 6.71. The number of halogens is 4. The van der Waals surface area contributed by atoms with Gasteiger partial charge in [-0.25, -0.2) is 4.99 Å². The third-order valence-corrected chi connectivity index (χ3v) is 4.48. The van der Waals surface area contributed by atoms with Gasteiger partial charge in [-0.15, -0.1) is 24.0 Å². The van der Waals surface area contributed by atoms with E-state index in [1.165, 1.54) is 17.0 Å². The van der Waals surface area contributed by atoms with Crippen molar-refractivity contribution < 1.29 is 18.3 Å². The van der Waals surface area contributed by atoms with Crippen LogP contribution in [0.1, 0.15) is 31.2 Å².